The van der Waals surface area contributed by atoms with Gasteiger partial charge in [0.2, 0.25) is 0 Å². The van der Waals surface area contributed by atoms with Crippen LogP contribution in [0.4, 0.5) is 0 Å². The van der Waals surface area contributed by atoms with Crippen LogP contribution in [0.3, 0.4) is 0 Å². The summed E-state index contributed by atoms with van der Waals surface area (Å²) < 4.78 is 10.4. The van der Waals surface area contributed by atoms with Gasteiger partial charge >= 0.3 is 11.9 Å². The quantitative estimate of drug-likeness (QED) is 0.132. The molecule has 0 N–H and O–H groups in total. The van der Waals surface area contributed by atoms with Gasteiger partial charge in [0.15, 0.2) is 0 Å². The molecule has 0 saturated carbocycles. The molecule has 0 bridgehead atoms. The van der Waals surface area contributed by atoms with Crippen LogP contribution in [-0.4, -0.2) is 30.9 Å². The Morgan fingerprint density at radius 1 is 0.812 bits per heavy atom. The molecule has 0 rings (SSSR count). The molecule has 186 valence electrons. The standard InChI is InChI=1S/C27H48O5/c1-9-12-14-16-22(21(4)28)26(5,6)20-27(7,8)23(17-15-13-10-2)25(30)32-19-18-31-24(29)11-3/h11,22-23H,3,9-10,12-20H2,1-2,4-8H3. The van der Waals surface area contributed by atoms with Crippen LogP contribution < -0.4 is 0 Å². The van der Waals surface area contributed by atoms with Gasteiger partial charge in [0.25, 0.3) is 0 Å². The number of hydrogen-bond acceptors (Lipinski definition) is 5. The van der Waals surface area contributed by atoms with Crippen molar-refractivity contribution in [1.29, 1.82) is 0 Å². The first-order valence-electron chi connectivity index (χ1n) is 12.4. The van der Waals surface area contributed by atoms with Crippen molar-refractivity contribution in [3.8, 4) is 0 Å². The maximum absolute atomic E-state index is 13.0. The summed E-state index contributed by atoms with van der Waals surface area (Å²) in [6.45, 7) is 18.0. The third kappa shape index (κ3) is 11.3. The van der Waals surface area contributed by atoms with Gasteiger partial charge in [-0.15, -0.1) is 0 Å². The van der Waals surface area contributed by atoms with Crippen molar-refractivity contribution in [3.63, 3.8) is 0 Å². The van der Waals surface area contributed by atoms with Gasteiger partial charge in [-0.05, 0) is 37.0 Å². The maximum atomic E-state index is 13.0. The van der Waals surface area contributed by atoms with Gasteiger partial charge < -0.3 is 9.47 Å². The van der Waals surface area contributed by atoms with Crippen molar-refractivity contribution >= 4 is 17.7 Å². The molecule has 0 aromatic carbocycles. The minimum atomic E-state index is -0.527. The van der Waals surface area contributed by atoms with Gasteiger partial charge in [-0.25, -0.2) is 4.79 Å². The van der Waals surface area contributed by atoms with Crippen LogP contribution in [0.25, 0.3) is 0 Å². The average molecular weight is 453 g/mol. The number of ketones is 1. The topological polar surface area (TPSA) is 69.7 Å². The Balaban J connectivity index is 5.37. The molecule has 0 heterocycles. The molecule has 2 unspecified atom stereocenters. The minimum absolute atomic E-state index is 0.0149. The van der Waals surface area contributed by atoms with Crippen LogP contribution in [0.5, 0.6) is 0 Å². The number of rotatable bonds is 18. The Hall–Kier alpha value is -1.65. The lowest BCUT2D eigenvalue weighted by Crippen LogP contribution is -2.40. The van der Waals surface area contributed by atoms with E-state index in [-0.39, 0.29) is 47.6 Å². The lowest BCUT2D eigenvalue weighted by Gasteiger charge is -2.42. The van der Waals surface area contributed by atoms with Crippen molar-refractivity contribution in [3.05, 3.63) is 12.7 Å². The van der Waals surface area contributed by atoms with Crippen LogP contribution in [0.2, 0.25) is 0 Å². The minimum Gasteiger partial charge on any atom is -0.462 e. The van der Waals surface area contributed by atoms with Crippen molar-refractivity contribution in [2.45, 2.75) is 106 Å². The number of Topliss-reactive ketones (excluding diaryl/α,β-unsaturated/α-hetero) is 1. The van der Waals surface area contributed by atoms with Crippen LogP contribution in [0.1, 0.15) is 106 Å². The second-order valence-electron chi connectivity index (χ2n) is 10.4. The highest BCUT2D eigenvalue weighted by atomic mass is 16.6. The normalized spacial score (nSPS) is 13.8. The van der Waals surface area contributed by atoms with Gasteiger partial charge in [-0.1, -0.05) is 86.6 Å². The number of carbonyl (C=O) groups is 3. The summed E-state index contributed by atoms with van der Waals surface area (Å²) >= 11 is 0. The molecular weight excluding hydrogens is 404 g/mol. The van der Waals surface area contributed by atoms with E-state index in [1.165, 1.54) is 0 Å². The van der Waals surface area contributed by atoms with Crippen LogP contribution >= 0.6 is 0 Å². The van der Waals surface area contributed by atoms with Gasteiger partial charge in [0, 0.05) is 12.0 Å². The molecule has 0 aliphatic carbocycles. The molecule has 0 aromatic rings. The second-order valence-corrected chi connectivity index (χ2v) is 10.4. The fourth-order valence-corrected chi connectivity index (χ4v) is 5.03. The monoisotopic (exact) mass is 452 g/mol. The first-order valence-corrected chi connectivity index (χ1v) is 12.4. The highest BCUT2D eigenvalue weighted by Gasteiger charge is 2.43. The molecule has 5 heteroatoms. The zero-order valence-electron chi connectivity index (χ0n) is 21.8. The van der Waals surface area contributed by atoms with E-state index < -0.39 is 5.97 Å². The summed E-state index contributed by atoms with van der Waals surface area (Å²) in [7, 11) is 0. The van der Waals surface area contributed by atoms with Crippen molar-refractivity contribution in [2.75, 3.05) is 13.2 Å². The molecule has 0 aliphatic rings. The molecule has 0 saturated heterocycles. The summed E-state index contributed by atoms with van der Waals surface area (Å²) in [5.41, 5.74) is -0.545. The first kappa shape index (κ1) is 30.4. The molecule has 0 amide bonds. The van der Waals surface area contributed by atoms with E-state index in [4.69, 9.17) is 9.47 Å². The van der Waals surface area contributed by atoms with Crippen molar-refractivity contribution in [2.24, 2.45) is 22.7 Å². The zero-order valence-corrected chi connectivity index (χ0v) is 21.8. The summed E-state index contributed by atoms with van der Waals surface area (Å²) in [4.78, 5) is 36.7. The largest absolute Gasteiger partial charge is 0.462 e. The van der Waals surface area contributed by atoms with Crippen LogP contribution in [0.15, 0.2) is 12.7 Å². The highest BCUT2D eigenvalue weighted by Crippen LogP contribution is 2.46. The van der Waals surface area contributed by atoms with Gasteiger partial charge in [0.1, 0.15) is 19.0 Å². The van der Waals surface area contributed by atoms with Gasteiger partial charge in [-0.2, -0.15) is 0 Å². The van der Waals surface area contributed by atoms with E-state index in [0.29, 0.717) is 0 Å². The van der Waals surface area contributed by atoms with Gasteiger partial charge in [-0.3, -0.25) is 9.59 Å². The highest BCUT2D eigenvalue weighted by molar-refractivity contribution is 5.81. The first-order chi connectivity index (χ1) is 14.9. The van der Waals surface area contributed by atoms with E-state index in [0.717, 1.165) is 63.9 Å². The Morgan fingerprint density at radius 3 is 1.75 bits per heavy atom. The Bertz CT molecular complexity index is 591. The number of unbranched alkanes of at least 4 members (excludes halogenated alkanes) is 4. The molecule has 0 radical (unpaired) electrons. The number of hydrogen-bond donors (Lipinski definition) is 0. The molecule has 0 aliphatic heterocycles. The Labute approximate surface area is 196 Å². The Morgan fingerprint density at radius 2 is 1.28 bits per heavy atom. The molecular formula is C27H48O5. The van der Waals surface area contributed by atoms with E-state index in [2.05, 4.69) is 48.1 Å². The number of esters is 2. The summed E-state index contributed by atoms with van der Waals surface area (Å²) in [6, 6.07) is 0. The molecule has 0 aromatic heterocycles. The molecule has 32 heavy (non-hydrogen) atoms. The summed E-state index contributed by atoms with van der Waals surface area (Å²) in [5.74, 6) is -0.829. The van der Waals surface area contributed by atoms with Crippen LogP contribution in [0, 0.1) is 22.7 Å². The predicted octanol–water partition coefficient (Wildman–Crippen LogP) is 6.68. The van der Waals surface area contributed by atoms with E-state index >= 15 is 0 Å². The fraction of sp³-hybridized carbons (Fsp3) is 0.815. The predicted molar refractivity (Wildman–Crippen MR) is 130 cm³/mol. The lowest BCUT2D eigenvalue weighted by atomic mass is 9.61. The SMILES string of the molecule is C=CC(=O)OCCOC(=O)C(CCCCC)C(C)(C)CC(C)(C)C(CCCCC)C(C)=O. The zero-order chi connectivity index (χ0) is 24.8. The maximum Gasteiger partial charge on any atom is 0.330 e. The Kier molecular flexibility index (Phi) is 14.4. The molecule has 0 fully saturated rings. The van der Waals surface area contributed by atoms with Gasteiger partial charge in [0.05, 0.1) is 5.92 Å². The summed E-state index contributed by atoms with van der Waals surface area (Å²) in [5, 5.41) is 0. The third-order valence-electron chi connectivity index (χ3n) is 6.50. The average Bonchev–Trinajstić information content (AvgIpc) is 2.69. The lowest BCUT2D eigenvalue weighted by molar-refractivity contribution is -0.158. The van der Waals surface area contributed by atoms with E-state index in [1.54, 1.807) is 6.92 Å². The van der Waals surface area contributed by atoms with Crippen LogP contribution in [-0.2, 0) is 23.9 Å². The molecule has 2 atom stereocenters. The molecule has 0 spiro atoms. The van der Waals surface area contributed by atoms with Crippen molar-refractivity contribution in [1.82, 2.24) is 0 Å². The number of carbonyl (C=O) groups excluding carboxylic acids is 3. The second kappa shape index (κ2) is 15.2. The smallest absolute Gasteiger partial charge is 0.330 e. The number of ether oxygens (including phenoxy) is 2. The fourth-order valence-electron chi connectivity index (χ4n) is 5.03. The van der Waals surface area contributed by atoms with Crippen molar-refractivity contribution < 1.29 is 23.9 Å². The summed E-state index contributed by atoms with van der Waals surface area (Å²) in [6.07, 6.45) is 9.90. The van der Waals surface area contributed by atoms with E-state index in [1.807, 2.05) is 0 Å². The third-order valence-corrected chi connectivity index (χ3v) is 6.50. The molecule has 5 nitrogen and oxygen atoms in total. The van der Waals surface area contributed by atoms with E-state index in [9.17, 15) is 14.4 Å².